The van der Waals surface area contributed by atoms with Gasteiger partial charge in [-0.25, -0.2) is 0 Å². The van der Waals surface area contributed by atoms with Gasteiger partial charge in [-0.15, -0.1) is 0 Å². The predicted octanol–water partition coefficient (Wildman–Crippen LogP) is 3.21. The Morgan fingerprint density at radius 2 is 1.86 bits per heavy atom. The summed E-state index contributed by atoms with van der Waals surface area (Å²) in [5, 5.41) is 0. The maximum absolute atomic E-state index is 13.1. The fraction of sp³-hybridized carbons (Fsp3) is 0.625. The zero-order chi connectivity index (χ0) is 19.8. The van der Waals surface area contributed by atoms with Crippen molar-refractivity contribution in [1.29, 1.82) is 0 Å². The molecular formula is C24H32N2O3. The smallest absolute Gasteiger partial charge is 0.226 e. The maximum atomic E-state index is 13.1. The molecule has 5 rings (SSSR count). The zero-order valence-electron chi connectivity index (χ0n) is 17.4. The van der Waals surface area contributed by atoms with E-state index in [1.54, 1.807) is 7.11 Å². The van der Waals surface area contributed by atoms with Crippen molar-refractivity contribution in [3.8, 4) is 11.5 Å². The van der Waals surface area contributed by atoms with Crippen molar-refractivity contribution in [1.82, 2.24) is 9.80 Å². The van der Waals surface area contributed by atoms with Gasteiger partial charge in [-0.1, -0.05) is 24.3 Å². The molecule has 3 fully saturated rings. The van der Waals surface area contributed by atoms with Crippen LogP contribution in [-0.2, 0) is 4.79 Å². The van der Waals surface area contributed by atoms with Crippen LogP contribution in [0.15, 0.2) is 36.4 Å². The van der Waals surface area contributed by atoms with Gasteiger partial charge in [-0.3, -0.25) is 9.69 Å². The average Bonchev–Trinajstić information content (AvgIpc) is 3.44. The van der Waals surface area contributed by atoms with Crippen LogP contribution in [0.4, 0.5) is 0 Å². The minimum absolute atomic E-state index is 0.258. The van der Waals surface area contributed by atoms with Crippen molar-refractivity contribution in [2.45, 2.75) is 25.7 Å². The quantitative estimate of drug-likeness (QED) is 0.524. The Kier molecular flexibility index (Phi) is 5.02. The van der Waals surface area contributed by atoms with Gasteiger partial charge in [0.05, 0.1) is 13.7 Å². The highest BCUT2D eigenvalue weighted by atomic mass is 16.5. The summed E-state index contributed by atoms with van der Waals surface area (Å²) in [5.41, 5.74) is 0.504. The molecule has 3 atom stereocenters. The molecule has 0 aromatic heterocycles. The van der Waals surface area contributed by atoms with Gasteiger partial charge in [0.2, 0.25) is 5.91 Å². The van der Waals surface area contributed by atoms with E-state index in [2.05, 4.69) is 22.0 Å². The van der Waals surface area contributed by atoms with Crippen LogP contribution in [0.3, 0.4) is 0 Å². The lowest BCUT2D eigenvalue weighted by atomic mass is 9.88. The second kappa shape index (κ2) is 7.67. The summed E-state index contributed by atoms with van der Waals surface area (Å²) in [6, 6.07) is 7.78. The highest BCUT2D eigenvalue weighted by Crippen LogP contribution is 2.70. The number of para-hydroxylation sites is 2. The number of benzene rings is 1. The number of ether oxygens (including phenoxy) is 2. The van der Waals surface area contributed by atoms with Gasteiger partial charge in [0.15, 0.2) is 11.5 Å². The Labute approximate surface area is 173 Å². The van der Waals surface area contributed by atoms with E-state index in [0.29, 0.717) is 29.8 Å². The first kappa shape index (κ1) is 19.0. The molecule has 0 N–H and O–H groups in total. The first-order valence-corrected chi connectivity index (χ1v) is 11.2. The first-order chi connectivity index (χ1) is 14.2. The van der Waals surface area contributed by atoms with Crippen LogP contribution in [0, 0.1) is 23.2 Å². The molecule has 0 radical (unpaired) electrons. The van der Waals surface area contributed by atoms with Crippen molar-refractivity contribution >= 4 is 5.91 Å². The van der Waals surface area contributed by atoms with Crippen LogP contribution < -0.4 is 9.47 Å². The second-order valence-corrected chi connectivity index (χ2v) is 9.11. The molecule has 156 valence electrons. The van der Waals surface area contributed by atoms with Crippen molar-refractivity contribution in [2.75, 3.05) is 46.4 Å². The highest BCUT2D eigenvalue weighted by Gasteiger charge is 2.64. The summed E-state index contributed by atoms with van der Waals surface area (Å²) in [6.45, 7) is 5.38. The normalized spacial score (nSPS) is 29.4. The number of nitrogens with zero attached hydrogens (tertiary/aromatic N) is 2. The molecule has 0 unspecified atom stereocenters. The summed E-state index contributed by atoms with van der Waals surface area (Å²) in [4.78, 5) is 17.7. The number of hydrogen-bond acceptors (Lipinski definition) is 4. The second-order valence-electron chi connectivity index (χ2n) is 9.11. The van der Waals surface area contributed by atoms with Gasteiger partial charge in [0.25, 0.3) is 0 Å². The van der Waals surface area contributed by atoms with E-state index in [4.69, 9.17) is 9.47 Å². The van der Waals surface area contributed by atoms with E-state index >= 15 is 0 Å². The lowest BCUT2D eigenvalue weighted by Crippen LogP contribution is -2.51. The van der Waals surface area contributed by atoms with E-state index < -0.39 is 0 Å². The summed E-state index contributed by atoms with van der Waals surface area (Å²) in [7, 11) is 1.67. The third-order valence-corrected chi connectivity index (χ3v) is 7.67. The van der Waals surface area contributed by atoms with E-state index in [9.17, 15) is 4.79 Å². The van der Waals surface area contributed by atoms with Gasteiger partial charge in [0.1, 0.15) is 0 Å². The summed E-state index contributed by atoms with van der Waals surface area (Å²) < 4.78 is 11.2. The predicted molar refractivity (Wildman–Crippen MR) is 112 cm³/mol. The van der Waals surface area contributed by atoms with Crippen molar-refractivity contribution < 1.29 is 14.3 Å². The van der Waals surface area contributed by atoms with Gasteiger partial charge in [-0.2, -0.15) is 0 Å². The molecule has 5 heteroatoms. The first-order valence-electron chi connectivity index (χ1n) is 11.2. The Hall–Kier alpha value is -2.01. The van der Waals surface area contributed by atoms with Gasteiger partial charge in [-0.05, 0) is 55.1 Å². The van der Waals surface area contributed by atoms with Crippen LogP contribution in [0.25, 0.3) is 0 Å². The molecule has 1 amide bonds. The maximum Gasteiger partial charge on any atom is 0.226 e. The van der Waals surface area contributed by atoms with Crippen LogP contribution in [0.2, 0.25) is 0 Å². The van der Waals surface area contributed by atoms with Crippen molar-refractivity contribution in [3.05, 3.63) is 36.4 Å². The van der Waals surface area contributed by atoms with Crippen LogP contribution in [0.1, 0.15) is 25.7 Å². The summed E-state index contributed by atoms with van der Waals surface area (Å²) >= 11 is 0. The molecule has 4 aliphatic rings. The highest BCUT2D eigenvalue weighted by molar-refractivity contribution is 5.80. The number of carbonyl (C=O) groups excluding carboxylic acids is 1. The Morgan fingerprint density at radius 3 is 2.55 bits per heavy atom. The summed E-state index contributed by atoms with van der Waals surface area (Å²) in [6.07, 6.45) is 9.51. The number of rotatable bonds is 7. The molecule has 1 saturated heterocycles. The molecule has 2 saturated carbocycles. The van der Waals surface area contributed by atoms with Crippen molar-refractivity contribution in [2.24, 2.45) is 23.2 Å². The number of carbonyl (C=O) groups is 1. The minimum atomic E-state index is 0.258. The molecule has 1 aliphatic heterocycles. The largest absolute Gasteiger partial charge is 0.493 e. The number of allylic oxidation sites excluding steroid dienone is 2. The molecule has 2 bridgehead atoms. The van der Waals surface area contributed by atoms with Crippen LogP contribution in [-0.4, -0.2) is 62.1 Å². The molecule has 29 heavy (non-hydrogen) atoms. The molecular weight excluding hydrogens is 364 g/mol. The monoisotopic (exact) mass is 396 g/mol. The molecule has 1 spiro atoms. The third kappa shape index (κ3) is 3.43. The molecule has 3 aliphatic carbocycles. The van der Waals surface area contributed by atoms with Gasteiger partial charge >= 0.3 is 0 Å². The van der Waals surface area contributed by atoms with Crippen LogP contribution >= 0.6 is 0 Å². The van der Waals surface area contributed by atoms with Crippen LogP contribution in [0.5, 0.6) is 11.5 Å². The molecule has 1 aromatic rings. The standard InChI is InChI=1S/C24H32N2O3/c1-28-21-5-2-3-6-22(21)29-16-4-11-25-12-14-26(15-13-25)23(27)19-17-18-7-8-20(19)24(18)9-10-24/h2-3,5-8,18-20H,4,9-17H2,1H3/t18-,19+,20-/m1/s1. The molecule has 1 aromatic carbocycles. The van der Waals surface area contributed by atoms with E-state index in [1.807, 2.05) is 24.3 Å². The fourth-order valence-electron chi connectivity index (χ4n) is 5.89. The Balaban J connectivity index is 1.04. The van der Waals surface area contributed by atoms with Gasteiger partial charge in [0, 0.05) is 38.6 Å². The van der Waals surface area contributed by atoms with Crippen molar-refractivity contribution in [3.63, 3.8) is 0 Å². The molecule has 1 heterocycles. The SMILES string of the molecule is COc1ccccc1OCCCN1CCN(C(=O)[C@H]2C[C@H]3C=C[C@H]2C32CC2)CC1. The van der Waals surface area contributed by atoms with E-state index in [-0.39, 0.29) is 5.92 Å². The average molecular weight is 397 g/mol. The number of piperazine rings is 1. The lowest BCUT2D eigenvalue weighted by molar-refractivity contribution is -0.138. The molecule has 5 nitrogen and oxygen atoms in total. The minimum Gasteiger partial charge on any atom is -0.493 e. The van der Waals surface area contributed by atoms with E-state index in [1.165, 1.54) is 12.8 Å². The Morgan fingerprint density at radius 1 is 1.10 bits per heavy atom. The summed E-state index contributed by atoms with van der Waals surface area (Å²) in [5.74, 6) is 3.48. The number of hydrogen-bond donors (Lipinski definition) is 0. The zero-order valence-corrected chi connectivity index (χ0v) is 17.4. The topological polar surface area (TPSA) is 42.0 Å². The third-order valence-electron chi connectivity index (χ3n) is 7.67. The van der Waals surface area contributed by atoms with Gasteiger partial charge < -0.3 is 14.4 Å². The number of methoxy groups -OCH3 is 1. The van der Waals surface area contributed by atoms with E-state index in [0.717, 1.165) is 57.1 Å². The number of amides is 1. The Bertz CT molecular complexity index is 780. The fourth-order valence-corrected chi connectivity index (χ4v) is 5.89. The lowest BCUT2D eigenvalue weighted by Gasteiger charge is -2.37.